The quantitative estimate of drug-likeness (QED) is 0.393. The van der Waals surface area contributed by atoms with Gasteiger partial charge < -0.3 is 9.30 Å². The summed E-state index contributed by atoms with van der Waals surface area (Å²) >= 11 is 1.71. The van der Waals surface area contributed by atoms with Gasteiger partial charge in [-0.25, -0.2) is 4.99 Å². The van der Waals surface area contributed by atoms with Crippen LogP contribution >= 0.6 is 11.3 Å². The number of thiazole rings is 1. The Morgan fingerprint density at radius 3 is 2.41 bits per heavy atom. The highest BCUT2D eigenvalue weighted by Crippen LogP contribution is 2.22. The molecule has 0 saturated heterocycles. The average Bonchev–Trinajstić information content (AvgIpc) is 3.10. The zero-order valence-electron chi connectivity index (χ0n) is 16.2. The van der Waals surface area contributed by atoms with Crippen molar-refractivity contribution in [2.75, 3.05) is 6.61 Å². The van der Waals surface area contributed by atoms with Crippen molar-refractivity contribution in [2.24, 2.45) is 4.99 Å². The minimum absolute atomic E-state index is 0.680. The van der Waals surface area contributed by atoms with E-state index in [1.807, 2.05) is 31.2 Å². The second-order valence-electron chi connectivity index (χ2n) is 6.52. The first-order chi connectivity index (χ1) is 13.3. The average molecular weight is 381 g/mol. The molecule has 4 heteroatoms. The number of rotatable bonds is 9. The van der Waals surface area contributed by atoms with Crippen molar-refractivity contribution < 1.29 is 4.74 Å². The number of nitrogens with zero attached hydrogens (tertiary/aromatic N) is 2. The van der Waals surface area contributed by atoms with Crippen LogP contribution in [0.2, 0.25) is 0 Å². The van der Waals surface area contributed by atoms with Gasteiger partial charge in [-0.2, -0.15) is 0 Å². The number of hydrogen-bond donors (Lipinski definition) is 0. The lowest BCUT2D eigenvalue weighted by Gasteiger charge is -2.09. The molecule has 0 fully saturated rings. The van der Waals surface area contributed by atoms with Crippen LogP contribution in [-0.4, -0.2) is 11.2 Å². The molecular formula is C23H28N2OS. The highest BCUT2D eigenvalue weighted by Gasteiger charge is 2.08. The van der Waals surface area contributed by atoms with Gasteiger partial charge in [-0.05, 0) is 43.2 Å². The van der Waals surface area contributed by atoms with E-state index in [-0.39, 0.29) is 0 Å². The van der Waals surface area contributed by atoms with Crippen molar-refractivity contribution in [3.63, 3.8) is 0 Å². The van der Waals surface area contributed by atoms with Crippen LogP contribution in [0.4, 0.5) is 5.69 Å². The van der Waals surface area contributed by atoms with Crippen molar-refractivity contribution in [2.45, 2.75) is 46.1 Å². The van der Waals surface area contributed by atoms with E-state index >= 15 is 0 Å². The summed E-state index contributed by atoms with van der Waals surface area (Å²) in [6.07, 6.45) is 4.98. The lowest BCUT2D eigenvalue weighted by molar-refractivity contribution is 0.340. The summed E-state index contributed by atoms with van der Waals surface area (Å²) in [7, 11) is 0. The molecule has 0 aliphatic rings. The van der Waals surface area contributed by atoms with E-state index < -0.39 is 0 Å². The molecule has 0 spiro atoms. The summed E-state index contributed by atoms with van der Waals surface area (Å²) in [4.78, 5) is 5.96. The maximum absolute atomic E-state index is 5.53. The molecule has 0 saturated carbocycles. The molecule has 3 nitrogen and oxygen atoms in total. The van der Waals surface area contributed by atoms with Crippen LogP contribution in [0.5, 0.6) is 5.75 Å². The van der Waals surface area contributed by atoms with Gasteiger partial charge in [0.25, 0.3) is 0 Å². The Morgan fingerprint density at radius 1 is 0.926 bits per heavy atom. The molecule has 2 aromatic carbocycles. The normalized spacial score (nSPS) is 11.7. The highest BCUT2D eigenvalue weighted by atomic mass is 32.1. The molecule has 3 rings (SSSR count). The van der Waals surface area contributed by atoms with Crippen LogP contribution in [0.1, 0.15) is 39.5 Å². The Bertz CT molecular complexity index is 879. The fourth-order valence-corrected chi connectivity index (χ4v) is 4.02. The molecule has 142 valence electrons. The maximum Gasteiger partial charge on any atom is 0.190 e. The van der Waals surface area contributed by atoms with Crippen LogP contribution < -0.4 is 9.54 Å². The van der Waals surface area contributed by atoms with Crippen LogP contribution in [0.3, 0.4) is 0 Å². The van der Waals surface area contributed by atoms with Gasteiger partial charge in [0, 0.05) is 11.9 Å². The first-order valence-electron chi connectivity index (χ1n) is 9.83. The Labute approximate surface area is 166 Å². The fraction of sp³-hybridized carbons (Fsp3) is 0.348. The Morgan fingerprint density at radius 2 is 1.70 bits per heavy atom. The first-order valence-corrected chi connectivity index (χ1v) is 10.7. The summed E-state index contributed by atoms with van der Waals surface area (Å²) in [5.74, 6) is 0.889. The third kappa shape index (κ3) is 5.33. The molecule has 3 aromatic rings. The second kappa shape index (κ2) is 10.1. The minimum Gasteiger partial charge on any atom is -0.494 e. The smallest absolute Gasteiger partial charge is 0.190 e. The molecule has 0 bridgehead atoms. The molecule has 0 radical (unpaired) electrons. The Balaban J connectivity index is 1.92. The summed E-state index contributed by atoms with van der Waals surface area (Å²) in [6, 6.07) is 18.6. The minimum atomic E-state index is 0.680. The Kier molecular flexibility index (Phi) is 7.28. The van der Waals surface area contributed by atoms with E-state index in [0.29, 0.717) is 6.61 Å². The first kappa shape index (κ1) is 19.4. The van der Waals surface area contributed by atoms with Gasteiger partial charge in [-0.3, -0.25) is 0 Å². The molecule has 0 atom stereocenters. The zero-order chi connectivity index (χ0) is 18.9. The standard InChI is InChI=1S/C23H28N2OS/c1-3-5-6-10-17-25-22(19-11-8-7-9-12-19)18-27-23(25)24-20-13-15-21(16-14-20)26-4-2/h7-9,11-16,18H,3-6,10,17H2,1-2H3. The molecule has 1 heterocycles. The Hall–Kier alpha value is -2.33. The predicted molar refractivity (Wildman–Crippen MR) is 115 cm³/mol. The van der Waals surface area contributed by atoms with Gasteiger partial charge in [-0.15, -0.1) is 11.3 Å². The second-order valence-corrected chi connectivity index (χ2v) is 7.36. The van der Waals surface area contributed by atoms with Crippen LogP contribution in [0.15, 0.2) is 65.0 Å². The molecule has 0 aliphatic carbocycles. The van der Waals surface area contributed by atoms with E-state index in [2.05, 4.69) is 47.2 Å². The third-order valence-electron chi connectivity index (χ3n) is 4.47. The molecule has 27 heavy (non-hydrogen) atoms. The van der Waals surface area contributed by atoms with Crippen molar-refractivity contribution >= 4 is 17.0 Å². The topological polar surface area (TPSA) is 26.5 Å². The lowest BCUT2D eigenvalue weighted by Crippen LogP contribution is -2.16. The van der Waals surface area contributed by atoms with Gasteiger partial charge in [0.05, 0.1) is 18.0 Å². The van der Waals surface area contributed by atoms with Crippen LogP contribution in [-0.2, 0) is 6.54 Å². The SMILES string of the molecule is CCCCCCn1c(-c2ccccc2)csc1=Nc1ccc(OCC)cc1. The lowest BCUT2D eigenvalue weighted by atomic mass is 10.1. The van der Waals surface area contributed by atoms with E-state index in [1.54, 1.807) is 11.3 Å². The number of ether oxygens (including phenoxy) is 1. The molecule has 0 amide bonds. The highest BCUT2D eigenvalue weighted by molar-refractivity contribution is 7.07. The molecular weight excluding hydrogens is 352 g/mol. The van der Waals surface area contributed by atoms with Gasteiger partial charge in [0.2, 0.25) is 0 Å². The van der Waals surface area contributed by atoms with Gasteiger partial charge in [-0.1, -0.05) is 56.5 Å². The van der Waals surface area contributed by atoms with E-state index in [1.165, 1.54) is 36.9 Å². The van der Waals surface area contributed by atoms with E-state index in [0.717, 1.165) is 22.8 Å². The third-order valence-corrected chi connectivity index (χ3v) is 5.34. The fourth-order valence-electron chi connectivity index (χ4n) is 3.07. The summed E-state index contributed by atoms with van der Waals surface area (Å²) in [5.41, 5.74) is 3.46. The van der Waals surface area contributed by atoms with Gasteiger partial charge in [0.1, 0.15) is 5.75 Å². The van der Waals surface area contributed by atoms with E-state index in [4.69, 9.17) is 9.73 Å². The van der Waals surface area contributed by atoms with Crippen molar-refractivity contribution in [3.8, 4) is 17.0 Å². The van der Waals surface area contributed by atoms with Crippen molar-refractivity contribution in [1.82, 2.24) is 4.57 Å². The zero-order valence-corrected chi connectivity index (χ0v) is 17.0. The van der Waals surface area contributed by atoms with E-state index in [9.17, 15) is 0 Å². The van der Waals surface area contributed by atoms with Crippen LogP contribution in [0, 0.1) is 0 Å². The van der Waals surface area contributed by atoms with Crippen molar-refractivity contribution in [3.05, 3.63) is 64.8 Å². The predicted octanol–water partition coefficient (Wildman–Crippen LogP) is 6.43. The largest absolute Gasteiger partial charge is 0.494 e. The molecule has 1 aromatic heterocycles. The summed E-state index contributed by atoms with van der Waals surface area (Å²) < 4.78 is 7.90. The number of hydrogen-bond acceptors (Lipinski definition) is 3. The molecule has 0 N–H and O–H groups in total. The molecule has 0 unspecified atom stereocenters. The number of aromatic nitrogens is 1. The maximum atomic E-state index is 5.53. The van der Waals surface area contributed by atoms with Crippen molar-refractivity contribution in [1.29, 1.82) is 0 Å². The number of unbranched alkanes of at least 4 members (excludes halogenated alkanes) is 3. The molecule has 0 aliphatic heterocycles. The van der Waals surface area contributed by atoms with Crippen LogP contribution in [0.25, 0.3) is 11.3 Å². The monoisotopic (exact) mass is 380 g/mol. The van der Waals surface area contributed by atoms with Gasteiger partial charge in [0.15, 0.2) is 4.80 Å². The van der Waals surface area contributed by atoms with Gasteiger partial charge >= 0.3 is 0 Å². The summed E-state index contributed by atoms with van der Waals surface area (Å²) in [6.45, 7) is 5.93. The number of benzene rings is 2. The summed E-state index contributed by atoms with van der Waals surface area (Å²) in [5, 5.41) is 2.22.